The van der Waals surface area contributed by atoms with Crippen LogP contribution >= 0.6 is 0 Å². The fourth-order valence-electron chi connectivity index (χ4n) is 6.85. The molecular weight excluding hydrogens is 444 g/mol. The molecule has 0 saturated carbocycles. The molecule has 0 spiro atoms. The van der Waals surface area contributed by atoms with E-state index in [2.05, 4.69) is 126 Å². The molecule has 5 rings (SSSR count). The molecule has 0 amide bonds. The van der Waals surface area contributed by atoms with E-state index in [4.69, 9.17) is 0 Å². The molecule has 0 fully saturated rings. The summed E-state index contributed by atoms with van der Waals surface area (Å²) in [6, 6.07) is 27.1. The molecule has 0 heteroatoms. The predicted molar refractivity (Wildman–Crippen MR) is 163 cm³/mol. The lowest BCUT2D eigenvalue weighted by Gasteiger charge is -2.36. The summed E-state index contributed by atoms with van der Waals surface area (Å²) in [6.45, 7) is 16.1. The van der Waals surface area contributed by atoms with Crippen LogP contribution in [0.1, 0.15) is 90.0 Å². The van der Waals surface area contributed by atoms with Gasteiger partial charge in [0.25, 0.3) is 0 Å². The minimum Gasteiger partial charge on any atom is -0.0991 e. The van der Waals surface area contributed by atoms with E-state index in [0.29, 0.717) is 0 Å². The van der Waals surface area contributed by atoms with E-state index in [1.165, 1.54) is 63.8 Å². The van der Waals surface area contributed by atoms with Crippen LogP contribution in [-0.4, -0.2) is 0 Å². The number of hydrogen-bond donors (Lipinski definition) is 0. The Labute approximate surface area is 225 Å². The third-order valence-corrected chi connectivity index (χ3v) is 9.26. The lowest BCUT2D eigenvalue weighted by Crippen LogP contribution is -2.27. The molecule has 192 valence electrons. The van der Waals surface area contributed by atoms with Crippen LogP contribution in [-0.2, 0) is 10.8 Å². The Morgan fingerprint density at radius 2 is 1.14 bits per heavy atom. The Morgan fingerprint density at radius 3 is 1.65 bits per heavy atom. The standard InChI is InChI=1S/C36H40.CH4/c1-7-8-18-30-26(2)27-15-9-12-19-31(27)35(30,5)24-22-34(3,4)23-25-36(6)32-20-13-10-16-28(32)29-17-11-14-21-33(29)36;/h7-21H,1,22-25H2,2-6H3;1H4/b18-8-;. The van der Waals surface area contributed by atoms with Crippen LogP contribution in [0, 0.1) is 5.41 Å². The molecule has 0 heterocycles. The van der Waals surface area contributed by atoms with Crippen molar-refractivity contribution in [3.63, 3.8) is 0 Å². The normalized spacial score (nSPS) is 19.4. The van der Waals surface area contributed by atoms with Crippen molar-refractivity contribution in [2.45, 2.75) is 78.6 Å². The van der Waals surface area contributed by atoms with Crippen LogP contribution in [0.3, 0.4) is 0 Å². The van der Waals surface area contributed by atoms with Gasteiger partial charge in [-0.15, -0.1) is 0 Å². The van der Waals surface area contributed by atoms with Crippen LogP contribution in [0.25, 0.3) is 16.7 Å². The molecule has 1 atom stereocenters. The van der Waals surface area contributed by atoms with Crippen LogP contribution < -0.4 is 0 Å². The molecule has 0 saturated heterocycles. The van der Waals surface area contributed by atoms with Gasteiger partial charge >= 0.3 is 0 Å². The smallest absolute Gasteiger partial charge is 0.0187 e. The van der Waals surface area contributed by atoms with Gasteiger partial charge in [0.2, 0.25) is 0 Å². The van der Waals surface area contributed by atoms with Gasteiger partial charge in [0, 0.05) is 10.8 Å². The fourth-order valence-corrected chi connectivity index (χ4v) is 6.85. The molecule has 0 bridgehead atoms. The summed E-state index contributed by atoms with van der Waals surface area (Å²) in [7, 11) is 0. The molecule has 2 aliphatic rings. The summed E-state index contributed by atoms with van der Waals surface area (Å²) in [4.78, 5) is 0. The van der Waals surface area contributed by atoms with Crippen molar-refractivity contribution < 1.29 is 0 Å². The van der Waals surface area contributed by atoms with Crippen molar-refractivity contribution in [1.82, 2.24) is 0 Å². The lowest BCUT2D eigenvalue weighted by molar-refractivity contribution is 0.251. The summed E-state index contributed by atoms with van der Waals surface area (Å²) >= 11 is 0. The Bertz CT molecular complexity index is 1320. The third-order valence-electron chi connectivity index (χ3n) is 9.26. The van der Waals surface area contributed by atoms with Crippen LogP contribution in [0.15, 0.2) is 103 Å². The quantitative estimate of drug-likeness (QED) is 0.277. The van der Waals surface area contributed by atoms with Gasteiger partial charge in [0.05, 0.1) is 0 Å². The minimum atomic E-state index is 0. The highest BCUT2D eigenvalue weighted by Gasteiger charge is 2.42. The van der Waals surface area contributed by atoms with Gasteiger partial charge in [0.15, 0.2) is 0 Å². The van der Waals surface area contributed by atoms with Gasteiger partial charge in [-0.25, -0.2) is 0 Å². The van der Waals surface area contributed by atoms with E-state index in [-0.39, 0.29) is 23.7 Å². The van der Waals surface area contributed by atoms with Crippen molar-refractivity contribution in [3.8, 4) is 11.1 Å². The summed E-state index contributed by atoms with van der Waals surface area (Å²) in [5.41, 5.74) is 11.9. The summed E-state index contributed by atoms with van der Waals surface area (Å²) < 4.78 is 0. The largest absolute Gasteiger partial charge is 0.0991 e. The Morgan fingerprint density at radius 1 is 0.703 bits per heavy atom. The Kier molecular flexibility index (Phi) is 7.26. The highest BCUT2D eigenvalue weighted by Crippen LogP contribution is 2.54. The van der Waals surface area contributed by atoms with E-state index in [1.54, 1.807) is 0 Å². The van der Waals surface area contributed by atoms with Gasteiger partial charge in [-0.05, 0) is 82.5 Å². The van der Waals surface area contributed by atoms with Gasteiger partial charge in [-0.2, -0.15) is 0 Å². The van der Waals surface area contributed by atoms with E-state index < -0.39 is 0 Å². The molecule has 2 aliphatic carbocycles. The monoisotopic (exact) mass is 488 g/mol. The SMILES string of the molecule is C.C=C/C=C\C1=C(C)c2ccccc2C1(C)CCC(C)(C)CCC1(C)c2ccccc2-c2ccccc21. The first-order chi connectivity index (χ1) is 17.2. The Balaban J connectivity index is 0.00000320. The molecular formula is C37H44. The van der Waals surface area contributed by atoms with Crippen molar-refractivity contribution in [2.24, 2.45) is 5.41 Å². The maximum Gasteiger partial charge on any atom is 0.0187 e. The fraction of sp³-hybridized carbons (Fsp3) is 0.351. The second-order valence-corrected chi connectivity index (χ2v) is 12.1. The summed E-state index contributed by atoms with van der Waals surface area (Å²) in [6.07, 6.45) is 11.0. The Hall–Kier alpha value is -3.12. The van der Waals surface area contributed by atoms with Gasteiger partial charge in [-0.3, -0.25) is 0 Å². The van der Waals surface area contributed by atoms with Gasteiger partial charge in [0.1, 0.15) is 0 Å². The zero-order valence-corrected chi connectivity index (χ0v) is 22.7. The number of fused-ring (bicyclic) bond motifs is 4. The third kappa shape index (κ3) is 4.46. The van der Waals surface area contributed by atoms with Crippen LogP contribution in [0.5, 0.6) is 0 Å². The molecule has 0 aromatic heterocycles. The summed E-state index contributed by atoms with van der Waals surface area (Å²) in [5.74, 6) is 0. The predicted octanol–water partition coefficient (Wildman–Crippen LogP) is 10.7. The molecule has 0 aliphatic heterocycles. The van der Waals surface area contributed by atoms with Gasteiger partial charge in [-0.1, -0.05) is 133 Å². The van der Waals surface area contributed by atoms with E-state index in [0.717, 1.165) is 6.42 Å². The van der Waals surface area contributed by atoms with Crippen molar-refractivity contribution in [1.29, 1.82) is 0 Å². The second kappa shape index (κ2) is 9.97. The zero-order chi connectivity index (χ0) is 25.6. The number of hydrogen-bond acceptors (Lipinski definition) is 0. The highest BCUT2D eigenvalue weighted by molar-refractivity contribution is 5.82. The zero-order valence-electron chi connectivity index (χ0n) is 22.7. The topological polar surface area (TPSA) is 0 Å². The number of rotatable bonds is 8. The molecule has 0 radical (unpaired) electrons. The minimum absolute atomic E-state index is 0. The molecule has 3 aromatic carbocycles. The molecule has 0 N–H and O–H groups in total. The number of allylic oxidation sites excluding steroid dienone is 5. The molecule has 37 heavy (non-hydrogen) atoms. The summed E-state index contributed by atoms with van der Waals surface area (Å²) in [5, 5.41) is 0. The van der Waals surface area contributed by atoms with Crippen LogP contribution in [0.2, 0.25) is 0 Å². The maximum atomic E-state index is 3.92. The lowest BCUT2D eigenvalue weighted by atomic mass is 9.68. The maximum absolute atomic E-state index is 3.92. The number of benzene rings is 3. The second-order valence-electron chi connectivity index (χ2n) is 12.1. The first-order valence-electron chi connectivity index (χ1n) is 13.5. The van der Waals surface area contributed by atoms with E-state index in [1.807, 2.05) is 6.08 Å². The van der Waals surface area contributed by atoms with Crippen LogP contribution in [0.4, 0.5) is 0 Å². The average Bonchev–Trinajstić information content (AvgIpc) is 3.27. The van der Waals surface area contributed by atoms with E-state index in [9.17, 15) is 0 Å². The van der Waals surface area contributed by atoms with Crippen molar-refractivity contribution >= 4 is 5.57 Å². The molecule has 0 nitrogen and oxygen atoms in total. The highest BCUT2D eigenvalue weighted by atomic mass is 14.5. The molecule has 1 unspecified atom stereocenters. The van der Waals surface area contributed by atoms with E-state index >= 15 is 0 Å². The van der Waals surface area contributed by atoms with Gasteiger partial charge < -0.3 is 0 Å². The van der Waals surface area contributed by atoms with Crippen molar-refractivity contribution in [3.05, 3.63) is 125 Å². The van der Waals surface area contributed by atoms with Crippen molar-refractivity contribution in [2.75, 3.05) is 0 Å². The first kappa shape index (κ1) is 26.9. The first-order valence-corrected chi connectivity index (χ1v) is 13.5. The average molecular weight is 489 g/mol. The molecule has 3 aromatic rings.